The minimum absolute atomic E-state index is 0.0191. The molecule has 3 aromatic carbocycles. The average molecular weight is 656 g/mol. The lowest BCUT2D eigenvalue weighted by atomic mass is 9.97. The highest BCUT2D eigenvalue weighted by Gasteiger charge is 2.33. The van der Waals surface area contributed by atoms with Crippen LogP contribution >= 0.6 is 0 Å². The van der Waals surface area contributed by atoms with Crippen LogP contribution in [0.4, 0.5) is 0 Å². The summed E-state index contributed by atoms with van der Waals surface area (Å²) in [4.78, 5) is 26.1. The van der Waals surface area contributed by atoms with Crippen molar-refractivity contribution in [3.63, 3.8) is 0 Å². The van der Waals surface area contributed by atoms with Crippen LogP contribution in [0.1, 0.15) is 106 Å². The lowest BCUT2D eigenvalue weighted by Gasteiger charge is -2.39. The van der Waals surface area contributed by atoms with Gasteiger partial charge in [0.1, 0.15) is 0 Å². The van der Waals surface area contributed by atoms with Crippen molar-refractivity contribution in [1.29, 1.82) is 0 Å². The van der Waals surface area contributed by atoms with E-state index in [2.05, 4.69) is 64.1 Å². The molecule has 2 saturated heterocycles. The molecule has 3 N–H and O–H groups in total. The second kappa shape index (κ2) is 18.8. The van der Waals surface area contributed by atoms with Crippen LogP contribution in [0.5, 0.6) is 0 Å². The molecule has 2 aliphatic heterocycles. The number of aliphatic hydroxyl groups excluding tert-OH is 1. The zero-order chi connectivity index (χ0) is 33.6. The van der Waals surface area contributed by atoms with Crippen molar-refractivity contribution in [3.8, 4) is 11.1 Å². The van der Waals surface area contributed by atoms with E-state index in [0.717, 1.165) is 78.7 Å². The molecule has 3 aromatic rings. The molecule has 2 heterocycles. The van der Waals surface area contributed by atoms with E-state index in [9.17, 15) is 14.7 Å². The quantitative estimate of drug-likeness (QED) is 0.162. The molecule has 258 valence electrons. The summed E-state index contributed by atoms with van der Waals surface area (Å²) in [6, 6.07) is 24.7. The second-order valence-electron chi connectivity index (χ2n) is 13.3. The van der Waals surface area contributed by atoms with Crippen molar-refractivity contribution in [3.05, 3.63) is 95.1 Å². The third kappa shape index (κ3) is 11.0. The van der Waals surface area contributed by atoms with Crippen LogP contribution in [0.3, 0.4) is 0 Å². The minimum atomic E-state index is -0.483. The van der Waals surface area contributed by atoms with E-state index in [-0.39, 0.29) is 30.6 Å². The largest absolute Gasteiger partial charge is 0.392 e. The van der Waals surface area contributed by atoms with Crippen molar-refractivity contribution < 1.29 is 24.2 Å². The van der Waals surface area contributed by atoms with Gasteiger partial charge in [0.25, 0.3) is 0 Å². The van der Waals surface area contributed by atoms with Crippen molar-refractivity contribution in [1.82, 2.24) is 15.5 Å². The molecule has 48 heavy (non-hydrogen) atoms. The number of hydrogen-bond acceptors (Lipinski definition) is 6. The van der Waals surface area contributed by atoms with Crippen molar-refractivity contribution >= 4 is 11.8 Å². The Hall–Kier alpha value is -3.56. The first-order chi connectivity index (χ1) is 23.5. The highest BCUT2D eigenvalue weighted by atomic mass is 16.7. The number of nitrogens with zero attached hydrogens (tertiary/aromatic N) is 1. The van der Waals surface area contributed by atoms with Crippen LogP contribution in [-0.2, 0) is 32.2 Å². The van der Waals surface area contributed by atoms with Gasteiger partial charge in [-0.2, -0.15) is 0 Å². The fourth-order valence-corrected chi connectivity index (χ4v) is 6.73. The Balaban J connectivity index is 1.23. The molecule has 0 radical (unpaired) electrons. The summed E-state index contributed by atoms with van der Waals surface area (Å²) in [5, 5.41) is 15.4. The summed E-state index contributed by atoms with van der Waals surface area (Å²) in [6.07, 6.45) is 9.74. The second-order valence-corrected chi connectivity index (χ2v) is 13.3. The van der Waals surface area contributed by atoms with Crippen molar-refractivity contribution in [2.24, 2.45) is 0 Å². The molecule has 2 aliphatic rings. The van der Waals surface area contributed by atoms with Gasteiger partial charge >= 0.3 is 0 Å². The molecule has 0 aromatic heterocycles. The number of likely N-dealkylation sites (tertiary alicyclic amines) is 1. The van der Waals surface area contributed by atoms with Gasteiger partial charge in [-0.15, -0.1) is 0 Å². The van der Waals surface area contributed by atoms with Gasteiger partial charge in [0, 0.05) is 45.0 Å². The van der Waals surface area contributed by atoms with E-state index in [4.69, 9.17) is 9.47 Å². The summed E-state index contributed by atoms with van der Waals surface area (Å²) in [5.41, 5.74) is 6.21. The summed E-state index contributed by atoms with van der Waals surface area (Å²) in [5.74, 6) is 0.0199. The van der Waals surface area contributed by atoms with Gasteiger partial charge in [0.15, 0.2) is 6.29 Å². The lowest BCUT2D eigenvalue weighted by molar-refractivity contribution is -0.253. The molecule has 0 unspecified atom stereocenters. The Morgan fingerprint density at radius 3 is 2.25 bits per heavy atom. The van der Waals surface area contributed by atoms with Crippen LogP contribution in [0, 0.1) is 0 Å². The molecule has 5 rings (SSSR count). The summed E-state index contributed by atoms with van der Waals surface area (Å²) >= 11 is 0. The van der Waals surface area contributed by atoms with Crippen LogP contribution in [0.2, 0.25) is 0 Å². The van der Waals surface area contributed by atoms with E-state index < -0.39 is 6.29 Å². The fraction of sp³-hybridized carbons (Fsp3) is 0.500. The van der Waals surface area contributed by atoms with Gasteiger partial charge in [-0.25, -0.2) is 0 Å². The summed E-state index contributed by atoms with van der Waals surface area (Å²) in [6.45, 7) is 5.81. The molecule has 0 saturated carbocycles. The van der Waals surface area contributed by atoms with Crippen LogP contribution in [-0.4, -0.2) is 54.1 Å². The number of aliphatic hydroxyl groups is 1. The van der Waals surface area contributed by atoms with Gasteiger partial charge in [-0.1, -0.05) is 98.5 Å². The highest BCUT2D eigenvalue weighted by Crippen LogP contribution is 2.39. The number of carbonyl (C=O) groups excluding carboxylic acids is 2. The van der Waals surface area contributed by atoms with Gasteiger partial charge in [-0.3, -0.25) is 9.59 Å². The number of benzene rings is 3. The smallest absolute Gasteiger partial charge is 0.220 e. The standard InChI is InChI=1S/C40H53N3O5/c1-30(45)41-23-9-5-6-14-39(46)42-27-35-12-7-8-13-37(35)32-19-21-34(22-20-32)40-47-36(28-43-24-10-3-2-4-11-25-43)26-38(48-40)33-17-15-31(29-44)16-18-33/h7-8,12-13,15-22,36,38,40,44H,2-6,9-11,14,23-29H2,1H3,(H,41,45)(H,42,46)/t36-,38+,40+/m1/s1. The maximum Gasteiger partial charge on any atom is 0.220 e. The molecule has 8 nitrogen and oxygen atoms in total. The molecule has 2 amide bonds. The van der Waals surface area contributed by atoms with Gasteiger partial charge in [0.2, 0.25) is 11.8 Å². The summed E-state index contributed by atoms with van der Waals surface area (Å²) < 4.78 is 13.3. The van der Waals surface area contributed by atoms with E-state index >= 15 is 0 Å². The molecule has 0 spiro atoms. The summed E-state index contributed by atoms with van der Waals surface area (Å²) in [7, 11) is 0. The van der Waals surface area contributed by atoms with Crippen LogP contribution in [0.15, 0.2) is 72.8 Å². The van der Waals surface area contributed by atoms with Gasteiger partial charge in [-0.05, 0) is 66.6 Å². The maximum atomic E-state index is 12.5. The normalized spacial score (nSPS) is 20.4. The van der Waals surface area contributed by atoms with Crippen LogP contribution < -0.4 is 10.6 Å². The number of nitrogens with one attached hydrogen (secondary N) is 2. The van der Waals surface area contributed by atoms with E-state index in [1.165, 1.54) is 39.0 Å². The van der Waals surface area contributed by atoms with E-state index in [1.54, 1.807) is 0 Å². The number of carbonyl (C=O) groups is 2. The number of hydrogen-bond donors (Lipinski definition) is 3. The number of ether oxygens (including phenoxy) is 2. The fourth-order valence-electron chi connectivity index (χ4n) is 6.73. The minimum Gasteiger partial charge on any atom is -0.392 e. The zero-order valence-electron chi connectivity index (χ0n) is 28.5. The topological polar surface area (TPSA) is 100 Å². The van der Waals surface area contributed by atoms with E-state index in [0.29, 0.717) is 19.5 Å². The predicted octanol–water partition coefficient (Wildman–Crippen LogP) is 6.97. The predicted molar refractivity (Wildman–Crippen MR) is 189 cm³/mol. The first kappa shape index (κ1) is 35.7. The lowest BCUT2D eigenvalue weighted by Crippen LogP contribution is -2.40. The first-order valence-electron chi connectivity index (χ1n) is 17.9. The molecule has 0 aliphatic carbocycles. The van der Waals surface area contributed by atoms with Gasteiger partial charge < -0.3 is 30.1 Å². The Kier molecular flexibility index (Phi) is 14.0. The average Bonchev–Trinajstić information content (AvgIpc) is 3.10. The highest BCUT2D eigenvalue weighted by molar-refractivity contribution is 5.76. The maximum absolute atomic E-state index is 12.5. The first-order valence-corrected chi connectivity index (χ1v) is 17.9. The van der Waals surface area contributed by atoms with Crippen molar-refractivity contribution in [2.45, 2.75) is 103 Å². The molecule has 2 fully saturated rings. The zero-order valence-corrected chi connectivity index (χ0v) is 28.5. The Morgan fingerprint density at radius 2 is 1.52 bits per heavy atom. The molecular weight excluding hydrogens is 602 g/mol. The number of amides is 2. The number of unbranched alkanes of at least 4 members (excludes halogenated alkanes) is 2. The SMILES string of the molecule is CC(=O)NCCCCCC(=O)NCc1ccccc1-c1ccc([C@H]2O[C@@H](CN3CCCCCCC3)C[C@@H](c3ccc(CO)cc3)O2)cc1. The Labute approximate surface area is 286 Å². The monoisotopic (exact) mass is 655 g/mol. The Bertz CT molecular complexity index is 1420. The van der Waals surface area contributed by atoms with E-state index in [1.807, 2.05) is 24.3 Å². The third-order valence-electron chi connectivity index (χ3n) is 9.47. The molecular formula is C40H53N3O5. The molecule has 3 atom stereocenters. The van der Waals surface area contributed by atoms with Crippen molar-refractivity contribution in [2.75, 3.05) is 26.2 Å². The Morgan fingerprint density at radius 1 is 0.812 bits per heavy atom. The molecule has 8 heteroatoms. The third-order valence-corrected chi connectivity index (χ3v) is 9.47. The van der Waals surface area contributed by atoms with Crippen LogP contribution in [0.25, 0.3) is 11.1 Å². The number of rotatable bonds is 14. The molecule has 0 bridgehead atoms. The van der Waals surface area contributed by atoms with Gasteiger partial charge in [0.05, 0.1) is 18.8 Å².